The summed E-state index contributed by atoms with van der Waals surface area (Å²) in [6.45, 7) is 4.53. The molecule has 0 atom stereocenters. The highest BCUT2D eigenvalue weighted by Gasteiger charge is 2.16. The van der Waals surface area contributed by atoms with E-state index >= 15 is 0 Å². The summed E-state index contributed by atoms with van der Waals surface area (Å²) in [5.41, 5.74) is 4.01. The number of benzene rings is 2. The van der Waals surface area contributed by atoms with Gasteiger partial charge >= 0.3 is 0 Å². The predicted molar refractivity (Wildman–Crippen MR) is 107 cm³/mol. The molecule has 4 aromatic rings. The van der Waals surface area contributed by atoms with E-state index in [1.165, 1.54) is 0 Å². The number of fused-ring (bicyclic) bond motifs is 1. The number of hydrogen-bond donors (Lipinski definition) is 1. The molecule has 1 amide bonds. The van der Waals surface area contributed by atoms with Gasteiger partial charge in [-0.15, -0.1) is 0 Å². The van der Waals surface area contributed by atoms with Gasteiger partial charge < -0.3 is 5.32 Å². The first-order valence-electron chi connectivity index (χ1n) is 8.86. The number of carbonyl (C=O) groups is 1. The van der Waals surface area contributed by atoms with Crippen molar-refractivity contribution in [3.05, 3.63) is 89.5 Å². The van der Waals surface area contributed by atoms with Crippen molar-refractivity contribution >= 4 is 22.4 Å². The maximum atomic E-state index is 12.7. The van der Waals surface area contributed by atoms with Gasteiger partial charge in [-0.3, -0.25) is 14.5 Å². The fourth-order valence-electron chi connectivity index (χ4n) is 3.17. The second-order valence-corrected chi connectivity index (χ2v) is 6.56. The Kier molecular flexibility index (Phi) is 4.42. The van der Waals surface area contributed by atoms with Crippen LogP contribution in [0.15, 0.2) is 66.9 Å². The fourth-order valence-corrected chi connectivity index (χ4v) is 3.17. The van der Waals surface area contributed by atoms with Crippen molar-refractivity contribution in [2.75, 3.05) is 5.32 Å². The number of aryl methyl sites for hydroxylation is 1. The maximum Gasteiger partial charge on any atom is 0.274 e. The molecule has 4 rings (SSSR count). The van der Waals surface area contributed by atoms with Crippen LogP contribution in [0.5, 0.6) is 0 Å². The van der Waals surface area contributed by atoms with Crippen LogP contribution in [0.4, 0.5) is 5.69 Å². The highest BCUT2D eigenvalue weighted by atomic mass is 16.1. The van der Waals surface area contributed by atoms with Crippen LogP contribution in [0.25, 0.3) is 10.8 Å². The van der Waals surface area contributed by atoms with Crippen LogP contribution >= 0.6 is 0 Å². The van der Waals surface area contributed by atoms with Gasteiger partial charge in [0.25, 0.3) is 5.91 Å². The van der Waals surface area contributed by atoms with Crippen molar-refractivity contribution in [2.24, 2.45) is 0 Å². The molecule has 0 aliphatic carbocycles. The van der Waals surface area contributed by atoms with Gasteiger partial charge in [0.2, 0.25) is 0 Å². The molecule has 5 heteroatoms. The quantitative estimate of drug-likeness (QED) is 0.591. The maximum absolute atomic E-state index is 12.7. The number of aromatic nitrogens is 3. The average Bonchev–Trinajstić information content (AvgIpc) is 2.95. The minimum atomic E-state index is -0.230. The highest BCUT2D eigenvalue weighted by molar-refractivity contribution is 6.05. The summed E-state index contributed by atoms with van der Waals surface area (Å²) < 4.78 is 1.91. The first-order valence-corrected chi connectivity index (χ1v) is 8.86. The number of carbonyl (C=O) groups excluding carboxylic acids is 1. The van der Waals surface area contributed by atoms with Gasteiger partial charge in [-0.2, -0.15) is 5.10 Å². The highest BCUT2D eigenvalue weighted by Crippen LogP contribution is 2.22. The van der Waals surface area contributed by atoms with Crippen LogP contribution in [-0.4, -0.2) is 20.7 Å². The SMILES string of the molecule is Cc1nn(Cc2ccccc2)c(C)c1NC(=O)c1cc2ccccc2cn1. The number of rotatable bonds is 4. The third-order valence-electron chi connectivity index (χ3n) is 4.66. The molecule has 134 valence electrons. The molecular formula is C22H20N4O. The number of nitrogens with zero attached hydrogens (tertiary/aromatic N) is 3. The van der Waals surface area contributed by atoms with Gasteiger partial charge in [-0.25, -0.2) is 0 Å². The summed E-state index contributed by atoms with van der Waals surface area (Å²) in [6.07, 6.45) is 1.72. The fraction of sp³-hybridized carbons (Fsp3) is 0.136. The molecular weight excluding hydrogens is 336 g/mol. The number of hydrogen-bond acceptors (Lipinski definition) is 3. The number of nitrogens with one attached hydrogen (secondary N) is 1. The molecule has 0 spiro atoms. The molecule has 2 heterocycles. The lowest BCUT2D eigenvalue weighted by Gasteiger charge is -2.08. The number of pyridine rings is 1. The molecule has 0 radical (unpaired) electrons. The third kappa shape index (κ3) is 3.44. The predicted octanol–water partition coefficient (Wildman–Crippen LogP) is 4.35. The van der Waals surface area contributed by atoms with Crippen molar-refractivity contribution in [3.8, 4) is 0 Å². The molecule has 27 heavy (non-hydrogen) atoms. The molecule has 2 aromatic heterocycles. The Labute approximate surface area is 157 Å². The van der Waals surface area contributed by atoms with Crippen LogP contribution in [0, 0.1) is 13.8 Å². The number of anilines is 1. The zero-order chi connectivity index (χ0) is 18.8. The Morgan fingerprint density at radius 2 is 1.70 bits per heavy atom. The van der Waals surface area contributed by atoms with Crippen LogP contribution < -0.4 is 5.32 Å². The first-order chi connectivity index (χ1) is 13.1. The van der Waals surface area contributed by atoms with Gasteiger partial charge in [0, 0.05) is 11.6 Å². The van der Waals surface area contributed by atoms with E-state index in [0.29, 0.717) is 12.2 Å². The molecule has 0 unspecified atom stereocenters. The average molecular weight is 356 g/mol. The Morgan fingerprint density at radius 1 is 1.00 bits per heavy atom. The lowest BCUT2D eigenvalue weighted by Crippen LogP contribution is -2.15. The van der Waals surface area contributed by atoms with E-state index in [0.717, 1.165) is 33.4 Å². The second kappa shape index (κ2) is 7.03. The summed E-state index contributed by atoms with van der Waals surface area (Å²) in [5, 5.41) is 9.57. The minimum Gasteiger partial charge on any atom is -0.317 e. The summed E-state index contributed by atoms with van der Waals surface area (Å²) in [6, 6.07) is 19.8. The summed E-state index contributed by atoms with van der Waals surface area (Å²) in [4.78, 5) is 17.0. The Bertz CT molecular complexity index is 1120. The smallest absolute Gasteiger partial charge is 0.274 e. The second-order valence-electron chi connectivity index (χ2n) is 6.56. The van der Waals surface area contributed by atoms with Gasteiger partial charge in [-0.1, -0.05) is 54.6 Å². The normalized spacial score (nSPS) is 10.9. The molecule has 0 saturated heterocycles. The standard InChI is InChI=1S/C22H20N4O/c1-15-21(16(2)26(25-15)14-17-8-4-3-5-9-17)24-22(27)20-12-18-10-6-7-11-19(18)13-23-20/h3-13H,14H2,1-2H3,(H,24,27). The van der Waals surface area contributed by atoms with Crippen molar-refractivity contribution in [2.45, 2.75) is 20.4 Å². The molecule has 0 saturated carbocycles. The summed E-state index contributed by atoms with van der Waals surface area (Å²) in [7, 11) is 0. The van der Waals surface area contributed by atoms with Gasteiger partial charge in [-0.05, 0) is 30.9 Å². The van der Waals surface area contributed by atoms with E-state index in [1.54, 1.807) is 6.20 Å². The van der Waals surface area contributed by atoms with Crippen LogP contribution in [0.1, 0.15) is 27.4 Å². The van der Waals surface area contributed by atoms with E-state index in [-0.39, 0.29) is 5.91 Å². The van der Waals surface area contributed by atoms with Crippen molar-refractivity contribution < 1.29 is 4.79 Å². The minimum absolute atomic E-state index is 0.230. The molecule has 0 fully saturated rings. The van der Waals surface area contributed by atoms with E-state index < -0.39 is 0 Å². The van der Waals surface area contributed by atoms with Gasteiger partial charge in [0.1, 0.15) is 5.69 Å². The molecule has 0 aliphatic heterocycles. The molecule has 0 bridgehead atoms. The van der Waals surface area contributed by atoms with Gasteiger partial charge in [0.05, 0.1) is 23.6 Å². The zero-order valence-corrected chi connectivity index (χ0v) is 15.3. The Hall–Kier alpha value is -3.47. The van der Waals surface area contributed by atoms with E-state index in [1.807, 2.05) is 67.1 Å². The third-order valence-corrected chi connectivity index (χ3v) is 4.66. The first kappa shape index (κ1) is 17.0. The lowest BCUT2D eigenvalue weighted by atomic mass is 10.1. The zero-order valence-electron chi connectivity index (χ0n) is 15.3. The van der Waals surface area contributed by atoms with E-state index in [4.69, 9.17) is 0 Å². The van der Waals surface area contributed by atoms with E-state index in [2.05, 4.69) is 27.5 Å². The van der Waals surface area contributed by atoms with E-state index in [9.17, 15) is 4.79 Å². The van der Waals surface area contributed by atoms with Crippen molar-refractivity contribution in [1.29, 1.82) is 0 Å². The van der Waals surface area contributed by atoms with Crippen LogP contribution in [0.2, 0.25) is 0 Å². The number of amides is 1. The lowest BCUT2D eigenvalue weighted by molar-refractivity contribution is 0.102. The Morgan fingerprint density at radius 3 is 2.48 bits per heavy atom. The molecule has 2 aromatic carbocycles. The Balaban J connectivity index is 1.59. The topological polar surface area (TPSA) is 59.8 Å². The summed E-state index contributed by atoms with van der Waals surface area (Å²) >= 11 is 0. The van der Waals surface area contributed by atoms with Crippen molar-refractivity contribution in [3.63, 3.8) is 0 Å². The van der Waals surface area contributed by atoms with Crippen LogP contribution in [-0.2, 0) is 6.54 Å². The van der Waals surface area contributed by atoms with Gasteiger partial charge in [0.15, 0.2) is 0 Å². The van der Waals surface area contributed by atoms with Crippen molar-refractivity contribution in [1.82, 2.24) is 14.8 Å². The molecule has 1 N–H and O–H groups in total. The monoisotopic (exact) mass is 356 g/mol. The summed E-state index contributed by atoms with van der Waals surface area (Å²) in [5.74, 6) is -0.230. The largest absolute Gasteiger partial charge is 0.317 e. The molecule has 5 nitrogen and oxygen atoms in total. The van der Waals surface area contributed by atoms with Crippen LogP contribution in [0.3, 0.4) is 0 Å². The molecule has 0 aliphatic rings.